The van der Waals surface area contributed by atoms with Crippen molar-refractivity contribution in [3.8, 4) is 0 Å². The number of nitrogens with zero attached hydrogens (tertiary/aromatic N) is 2. The molecule has 1 aromatic rings. The quantitative estimate of drug-likeness (QED) is 0.896. The van der Waals surface area contributed by atoms with Crippen LogP contribution in [0.15, 0.2) is 4.52 Å². The number of rotatable bonds is 3. The molecule has 0 aliphatic carbocycles. The van der Waals surface area contributed by atoms with Gasteiger partial charge in [0.25, 0.3) is 0 Å². The number of hydrogen-bond donors (Lipinski definition) is 1. The molecule has 1 unspecified atom stereocenters. The van der Waals surface area contributed by atoms with Gasteiger partial charge in [0.1, 0.15) is 0 Å². The first-order valence-corrected chi connectivity index (χ1v) is 5.62. The molecule has 5 nitrogen and oxygen atoms in total. The van der Waals surface area contributed by atoms with Gasteiger partial charge < -0.3 is 14.4 Å². The third-order valence-electron chi connectivity index (χ3n) is 2.82. The molecule has 1 N–H and O–H groups in total. The monoisotopic (exact) mass is 266 g/mol. The Morgan fingerprint density at radius 2 is 2.00 bits per heavy atom. The summed E-state index contributed by atoms with van der Waals surface area (Å²) >= 11 is 0. The van der Waals surface area contributed by atoms with E-state index in [1.54, 1.807) is 0 Å². The fourth-order valence-electron chi connectivity index (χ4n) is 1.75. The first-order chi connectivity index (χ1) is 8.47. The summed E-state index contributed by atoms with van der Waals surface area (Å²) in [5.74, 6) is 0.253. The lowest BCUT2D eigenvalue weighted by Crippen LogP contribution is -2.30. The van der Waals surface area contributed by atoms with Crippen molar-refractivity contribution in [2.75, 3.05) is 13.2 Å². The summed E-state index contributed by atoms with van der Waals surface area (Å²) < 4.78 is 46.3. The summed E-state index contributed by atoms with van der Waals surface area (Å²) in [6, 6.07) is 0. The summed E-state index contributed by atoms with van der Waals surface area (Å²) in [6.45, 7) is 1.17. The van der Waals surface area contributed by atoms with E-state index in [0.29, 0.717) is 19.0 Å². The van der Waals surface area contributed by atoms with Crippen LogP contribution in [0.4, 0.5) is 13.2 Å². The summed E-state index contributed by atoms with van der Waals surface area (Å²) in [7, 11) is 0. The van der Waals surface area contributed by atoms with E-state index < -0.39 is 18.7 Å². The lowest BCUT2D eigenvalue weighted by atomic mass is 10.00. The van der Waals surface area contributed by atoms with E-state index >= 15 is 0 Å². The van der Waals surface area contributed by atoms with E-state index in [1.165, 1.54) is 0 Å². The molecule has 1 aliphatic heterocycles. The molecule has 1 fully saturated rings. The van der Waals surface area contributed by atoms with Gasteiger partial charge in [0.05, 0.1) is 6.42 Å². The molecule has 0 aromatic carbocycles. The predicted molar refractivity (Wildman–Crippen MR) is 52.9 cm³/mol. The molecule has 1 aromatic heterocycles. The first-order valence-electron chi connectivity index (χ1n) is 5.62. The number of aliphatic hydroxyl groups is 1. The van der Waals surface area contributed by atoms with Crippen molar-refractivity contribution >= 4 is 0 Å². The van der Waals surface area contributed by atoms with Crippen LogP contribution in [0.25, 0.3) is 0 Å². The maximum atomic E-state index is 12.1. The Balaban J connectivity index is 1.97. The van der Waals surface area contributed by atoms with Gasteiger partial charge in [0.2, 0.25) is 5.89 Å². The van der Waals surface area contributed by atoms with Crippen LogP contribution in [0.2, 0.25) is 0 Å². The van der Waals surface area contributed by atoms with Gasteiger partial charge in [0.15, 0.2) is 11.9 Å². The van der Waals surface area contributed by atoms with Gasteiger partial charge in [-0.05, 0) is 12.8 Å². The molecule has 1 saturated heterocycles. The summed E-state index contributed by atoms with van der Waals surface area (Å²) in [6.07, 6.45) is -6.41. The van der Waals surface area contributed by atoms with E-state index in [1.807, 2.05) is 0 Å². The molecule has 2 rings (SSSR count). The largest absolute Gasteiger partial charge is 0.414 e. The average Bonchev–Trinajstić information content (AvgIpc) is 2.77. The second-order valence-electron chi connectivity index (χ2n) is 4.19. The normalized spacial score (nSPS) is 20.0. The number of aromatic nitrogens is 2. The van der Waals surface area contributed by atoms with Crippen LogP contribution in [0, 0.1) is 0 Å². The zero-order valence-electron chi connectivity index (χ0n) is 9.48. The number of hydrogen-bond acceptors (Lipinski definition) is 5. The minimum Gasteiger partial charge on any atom is -0.383 e. The van der Waals surface area contributed by atoms with E-state index in [0.717, 1.165) is 12.8 Å². The highest BCUT2D eigenvalue weighted by Crippen LogP contribution is 2.26. The number of alkyl halides is 3. The van der Waals surface area contributed by atoms with Gasteiger partial charge in [-0.1, -0.05) is 5.16 Å². The molecule has 0 spiro atoms. The maximum Gasteiger partial charge on any atom is 0.414 e. The standard InChI is InChI=1S/C10H13F3N2O3/c11-10(12,13)7(16)5-8-14-9(15-18-8)6-1-3-17-4-2-6/h6-7,16H,1-5H2. The minimum absolute atomic E-state index is 0.0549. The third-order valence-corrected chi connectivity index (χ3v) is 2.82. The van der Waals surface area contributed by atoms with Crippen LogP contribution in [-0.4, -0.2) is 40.7 Å². The molecular formula is C10H13F3N2O3. The van der Waals surface area contributed by atoms with Crippen molar-refractivity contribution in [1.29, 1.82) is 0 Å². The fourth-order valence-corrected chi connectivity index (χ4v) is 1.75. The first kappa shape index (κ1) is 13.3. The van der Waals surface area contributed by atoms with Gasteiger partial charge >= 0.3 is 6.18 Å². The van der Waals surface area contributed by atoms with Crippen LogP contribution in [0.5, 0.6) is 0 Å². The Kier molecular flexibility index (Phi) is 3.86. The Hall–Kier alpha value is -1.15. The molecular weight excluding hydrogens is 253 g/mol. The van der Waals surface area contributed by atoms with Crippen molar-refractivity contribution in [2.24, 2.45) is 0 Å². The average molecular weight is 266 g/mol. The fraction of sp³-hybridized carbons (Fsp3) is 0.800. The Morgan fingerprint density at radius 1 is 1.33 bits per heavy atom. The Morgan fingerprint density at radius 3 is 2.61 bits per heavy atom. The van der Waals surface area contributed by atoms with E-state index in [4.69, 9.17) is 14.4 Å². The lowest BCUT2D eigenvalue weighted by Gasteiger charge is -2.18. The molecule has 1 atom stereocenters. The zero-order chi connectivity index (χ0) is 13.2. The SMILES string of the molecule is OC(Cc1nc(C2CCOCC2)no1)C(F)(F)F. The van der Waals surface area contributed by atoms with Gasteiger partial charge in [-0.3, -0.25) is 0 Å². The highest BCUT2D eigenvalue weighted by Gasteiger charge is 2.39. The second-order valence-corrected chi connectivity index (χ2v) is 4.19. The lowest BCUT2D eigenvalue weighted by molar-refractivity contribution is -0.204. The zero-order valence-corrected chi connectivity index (χ0v) is 9.48. The molecule has 102 valence electrons. The van der Waals surface area contributed by atoms with Gasteiger partial charge in [0, 0.05) is 19.1 Å². The van der Waals surface area contributed by atoms with Crippen LogP contribution < -0.4 is 0 Å². The third kappa shape index (κ3) is 3.20. The summed E-state index contributed by atoms with van der Waals surface area (Å²) in [5.41, 5.74) is 0. The minimum atomic E-state index is -4.67. The number of halogens is 3. The van der Waals surface area contributed by atoms with Crippen molar-refractivity contribution in [2.45, 2.75) is 37.5 Å². The van der Waals surface area contributed by atoms with E-state index in [9.17, 15) is 13.2 Å². The Bertz CT molecular complexity index is 388. The smallest absolute Gasteiger partial charge is 0.383 e. The predicted octanol–water partition coefficient (Wildman–Crippen LogP) is 1.43. The van der Waals surface area contributed by atoms with Crippen molar-refractivity contribution in [3.05, 3.63) is 11.7 Å². The molecule has 8 heteroatoms. The van der Waals surface area contributed by atoms with Crippen LogP contribution in [0.3, 0.4) is 0 Å². The van der Waals surface area contributed by atoms with Crippen molar-refractivity contribution in [3.63, 3.8) is 0 Å². The van der Waals surface area contributed by atoms with E-state index in [-0.39, 0.29) is 11.8 Å². The topological polar surface area (TPSA) is 68.4 Å². The van der Waals surface area contributed by atoms with Crippen molar-refractivity contribution < 1.29 is 27.5 Å². The van der Waals surface area contributed by atoms with Crippen molar-refractivity contribution in [1.82, 2.24) is 10.1 Å². The number of ether oxygens (including phenoxy) is 1. The van der Waals surface area contributed by atoms with Crippen LogP contribution in [-0.2, 0) is 11.2 Å². The molecule has 0 radical (unpaired) electrons. The molecule has 1 aliphatic rings. The Labute approximate surface area is 101 Å². The highest BCUT2D eigenvalue weighted by molar-refractivity contribution is 4.97. The summed E-state index contributed by atoms with van der Waals surface area (Å²) in [5, 5.41) is 12.5. The molecule has 0 saturated carbocycles. The molecule has 0 amide bonds. The van der Waals surface area contributed by atoms with E-state index in [2.05, 4.69) is 10.1 Å². The molecule has 18 heavy (non-hydrogen) atoms. The van der Waals surface area contributed by atoms with Gasteiger partial charge in [-0.25, -0.2) is 0 Å². The maximum absolute atomic E-state index is 12.1. The highest BCUT2D eigenvalue weighted by atomic mass is 19.4. The molecule has 2 heterocycles. The van der Waals surface area contributed by atoms with Crippen LogP contribution in [0.1, 0.15) is 30.5 Å². The van der Waals surface area contributed by atoms with Gasteiger partial charge in [-0.2, -0.15) is 18.2 Å². The number of aliphatic hydroxyl groups excluding tert-OH is 1. The second kappa shape index (κ2) is 5.23. The van der Waals surface area contributed by atoms with Crippen LogP contribution >= 0.6 is 0 Å². The van der Waals surface area contributed by atoms with Gasteiger partial charge in [-0.15, -0.1) is 0 Å². The molecule has 0 bridgehead atoms. The summed E-state index contributed by atoms with van der Waals surface area (Å²) in [4.78, 5) is 3.89.